The standard InChI is InChI=1S/C19H26N2.4C2H6/c1-6-19(4,5)18-20-11-13-21(18)12-7-8-17-10-9-15(2)16(3)14-17;4*1-2/h6,9-11,13-14H,1,7-8,12H2,2-5H3;4*1-2H3. The predicted octanol–water partition coefficient (Wildman–Crippen LogP) is 8.70. The van der Waals surface area contributed by atoms with Crippen molar-refractivity contribution in [2.75, 3.05) is 0 Å². The van der Waals surface area contributed by atoms with Crippen LogP contribution in [0.1, 0.15) is 98.2 Å². The highest BCUT2D eigenvalue weighted by atomic mass is 15.1. The zero-order valence-electron chi connectivity index (χ0n) is 21.7. The van der Waals surface area contributed by atoms with Crippen molar-refractivity contribution in [2.45, 2.75) is 108 Å². The van der Waals surface area contributed by atoms with Gasteiger partial charge >= 0.3 is 0 Å². The molecule has 0 bridgehead atoms. The molecular weight excluding hydrogens is 352 g/mol. The fourth-order valence-corrected chi connectivity index (χ4v) is 2.55. The predicted molar refractivity (Wildman–Crippen MR) is 135 cm³/mol. The topological polar surface area (TPSA) is 17.8 Å². The third-order valence-corrected chi connectivity index (χ3v) is 4.24. The summed E-state index contributed by atoms with van der Waals surface area (Å²) in [6.07, 6.45) is 8.15. The maximum Gasteiger partial charge on any atom is 0.118 e. The Balaban J connectivity index is -0.000000754. The lowest BCUT2D eigenvalue weighted by Crippen LogP contribution is -2.20. The number of nitrogens with zero attached hydrogens (tertiary/aromatic N) is 2. The van der Waals surface area contributed by atoms with Gasteiger partial charge in [0.2, 0.25) is 0 Å². The van der Waals surface area contributed by atoms with Gasteiger partial charge in [0.25, 0.3) is 0 Å². The van der Waals surface area contributed by atoms with Crippen LogP contribution in [0.25, 0.3) is 0 Å². The van der Waals surface area contributed by atoms with Crippen LogP contribution in [0.4, 0.5) is 0 Å². The Morgan fingerprint density at radius 1 is 0.931 bits per heavy atom. The summed E-state index contributed by atoms with van der Waals surface area (Å²) in [4.78, 5) is 4.50. The van der Waals surface area contributed by atoms with Crippen LogP contribution < -0.4 is 0 Å². The summed E-state index contributed by atoms with van der Waals surface area (Å²) in [5.41, 5.74) is 4.08. The van der Waals surface area contributed by atoms with Crippen LogP contribution >= 0.6 is 0 Å². The minimum Gasteiger partial charge on any atom is -0.334 e. The van der Waals surface area contributed by atoms with Crippen LogP contribution in [0.5, 0.6) is 0 Å². The number of benzene rings is 1. The van der Waals surface area contributed by atoms with Crippen molar-refractivity contribution in [3.8, 4) is 0 Å². The Morgan fingerprint density at radius 2 is 1.48 bits per heavy atom. The normalized spacial score (nSPS) is 9.24. The van der Waals surface area contributed by atoms with Gasteiger partial charge in [0, 0.05) is 24.4 Å². The molecule has 2 aromatic rings. The first-order valence-corrected chi connectivity index (χ1v) is 11.7. The molecule has 1 heterocycles. The average molecular weight is 403 g/mol. The van der Waals surface area contributed by atoms with E-state index in [4.69, 9.17) is 0 Å². The molecule has 2 nitrogen and oxygen atoms in total. The molecule has 0 aliphatic carbocycles. The summed E-state index contributed by atoms with van der Waals surface area (Å²) in [7, 11) is 0. The molecule has 0 N–H and O–H groups in total. The second kappa shape index (κ2) is 19.5. The van der Waals surface area contributed by atoms with E-state index in [0.717, 1.165) is 25.2 Å². The first kappa shape index (κ1) is 31.9. The summed E-state index contributed by atoms with van der Waals surface area (Å²) in [6.45, 7) is 29.6. The Morgan fingerprint density at radius 3 is 1.97 bits per heavy atom. The molecule has 168 valence electrons. The van der Waals surface area contributed by atoms with Gasteiger partial charge in [-0.05, 0) is 57.2 Å². The lowest BCUT2D eigenvalue weighted by atomic mass is 9.92. The van der Waals surface area contributed by atoms with E-state index in [1.807, 2.05) is 67.7 Å². The van der Waals surface area contributed by atoms with Crippen LogP contribution in [0.3, 0.4) is 0 Å². The third kappa shape index (κ3) is 11.7. The van der Waals surface area contributed by atoms with Crippen molar-refractivity contribution in [1.29, 1.82) is 0 Å². The van der Waals surface area contributed by atoms with Crippen molar-refractivity contribution in [2.24, 2.45) is 0 Å². The van der Waals surface area contributed by atoms with E-state index in [1.165, 1.54) is 16.7 Å². The zero-order chi connectivity index (χ0) is 23.5. The molecule has 0 saturated heterocycles. The van der Waals surface area contributed by atoms with E-state index in [1.54, 1.807) is 0 Å². The van der Waals surface area contributed by atoms with Crippen LogP contribution in [-0.2, 0) is 18.4 Å². The van der Waals surface area contributed by atoms with Gasteiger partial charge in [0.05, 0.1) is 0 Å². The van der Waals surface area contributed by atoms with E-state index in [9.17, 15) is 0 Å². The number of aromatic nitrogens is 2. The molecule has 1 aromatic carbocycles. The van der Waals surface area contributed by atoms with Gasteiger partial charge in [-0.15, -0.1) is 6.58 Å². The zero-order valence-corrected chi connectivity index (χ0v) is 21.7. The van der Waals surface area contributed by atoms with Crippen LogP contribution in [0, 0.1) is 13.8 Å². The van der Waals surface area contributed by atoms with Gasteiger partial charge in [-0.25, -0.2) is 4.98 Å². The van der Waals surface area contributed by atoms with E-state index < -0.39 is 0 Å². The summed E-state index contributed by atoms with van der Waals surface area (Å²) >= 11 is 0. The van der Waals surface area contributed by atoms with Gasteiger partial charge in [-0.1, -0.05) is 79.7 Å². The summed E-state index contributed by atoms with van der Waals surface area (Å²) < 4.78 is 2.25. The molecule has 0 atom stereocenters. The van der Waals surface area contributed by atoms with E-state index in [0.29, 0.717) is 0 Å². The Bertz CT molecular complexity index is 621. The molecule has 0 aliphatic rings. The minimum atomic E-state index is -0.0794. The number of rotatable bonds is 6. The van der Waals surface area contributed by atoms with Gasteiger partial charge in [-0.2, -0.15) is 0 Å². The molecular formula is C27H50N2. The third-order valence-electron chi connectivity index (χ3n) is 4.24. The van der Waals surface area contributed by atoms with Gasteiger partial charge in [0.15, 0.2) is 0 Å². The molecule has 29 heavy (non-hydrogen) atoms. The highest BCUT2D eigenvalue weighted by Gasteiger charge is 2.21. The fourth-order valence-electron chi connectivity index (χ4n) is 2.55. The van der Waals surface area contributed by atoms with Gasteiger partial charge in [-0.3, -0.25) is 0 Å². The Kier molecular flexibility index (Phi) is 21.4. The van der Waals surface area contributed by atoms with Crippen molar-refractivity contribution < 1.29 is 0 Å². The summed E-state index contributed by atoms with van der Waals surface area (Å²) in [6, 6.07) is 6.76. The molecule has 2 heteroatoms. The van der Waals surface area contributed by atoms with Crippen molar-refractivity contribution in [3.05, 3.63) is 65.8 Å². The lowest BCUT2D eigenvalue weighted by molar-refractivity contribution is 0.531. The monoisotopic (exact) mass is 402 g/mol. The molecule has 0 unspecified atom stereocenters. The van der Waals surface area contributed by atoms with Crippen molar-refractivity contribution >= 4 is 0 Å². The van der Waals surface area contributed by atoms with Crippen molar-refractivity contribution in [1.82, 2.24) is 9.55 Å². The quantitative estimate of drug-likeness (QED) is 0.442. The van der Waals surface area contributed by atoms with Gasteiger partial charge < -0.3 is 4.57 Å². The van der Waals surface area contributed by atoms with Gasteiger partial charge in [0.1, 0.15) is 5.82 Å². The Labute approximate surface area is 183 Å². The molecule has 0 aliphatic heterocycles. The second-order valence-electron chi connectivity index (χ2n) is 6.39. The molecule has 1 aromatic heterocycles. The number of imidazole rings is 1. The van der Waals surface area contributed by atoms with E-state index in [-0.39, 0.29) is 5.41 Å². The molecule has 0 saturated carbocycles. The SMILES string of the molecule is C=CC(C)(C)c1nccn1CCCc1ccc(C)c(C)c1.CC.CC.CC.CC. The molecule has 0 radical (unpaired) electrons. The second-order valence-corrected chi connectivity index (χ2v) is 6.39. The first-order valence-electron chi connectivity index (χ1n) is 11.7. The average Bonchev–Trinajstić information content (AvgIpc) is 3.26. The number of hydrogen-bond donors (Lipinski definition) is 0. The fraction of sp³-hybridized carbons (Fsp3) is 0.593. The van der Waals surface area contributed by atoms with Crippen LogP contribution in [0.2, 0.25) is 0 Å². The summed E-state index contributed by atoms with van der Waals surface area (Å²) in [5.74, 6) is 1.09. The smallest absolute Gasteiger partial charge is 0.118 e. The van der Waals surface area contributed by atoms with Crippen LogP contribution in [0.15, 0.2) is 43.2 Å². The maximum absolute atomic E-state index is 4.50. The highest BCUT2D eigenvalue weighted by Crippen LogP contribution is 2.22. The number of hydrogen-bond acceptors (Lipinski definition) is 1. The van der Waals surface area contributed by atoms with E-state index in [2.05, 4.69) is 68.2 Å². The minimum absolute atomic E-state index is 0.0794. The Hall–Kier alpha value is -1.83. The van der Waals surface area contributed by atoms with Crippen LogP contribution in [-0.4, -0.2) is 9.55 Å². The lowest BCUT2D eigenvalue weighted by Gasteiger charge is -2.21. The maximum atomic E-state index is 4.50. The first-order chi connectivity index (χ1) is 13.9. The molecule has 0 fully saturated rings. The molecule has 2 rings (SSSR count). The largest absolute Gasteiger partial charge is 0.334 e. The van der Waals surface area contributed by atoms with Crippen molar-refractivity contribution in [3.63, 3.8) is 0 Å². The molecule has 0 amide bonds. The summed E-state index contributed by atoms with van der Waals surface area (Å²) in [5, 5.41) is 0. The van der Waals surface area contributed by atoms with E-state index >= 15 is 0 Å². The molecule has 0 spiro atoms. The number of allylic oxidation sites excluding steroid dienone is 1. The highest BCUT2D eigenvalue weighted by molar-refractivity contribution is 5.29. The number of aryl methyl sites for hydroxylation is 4.